The van der Waals surface area contributed by atoms with Gasteiger partial charge in [-0.2, -0.15) is 4.37 Å². The van der Waals surface area contributed by atoms with Crippen LogP contribution in [0.2, 0.25) is 0 Å². The van der Waals surface area contributed by atoms with Gasteiger partial charge in [-0.15, -0.1) is 0 Å². The molecule has 6 nitrogen and oxygen atoms in total. The summed E-state index contributed by atoms with van der Waals surface area (Å²) in [5.74, 6) is 1.15. The highest BCUT2D eigenvalue weighted by Gasteiger charge is 2.59. The molecule has 2 atom stereocenters. The van der Waals surface area contributed by atoms with Crippen molar-refractivity contribution in [3.8, 4) is 0 Å². The highest BCUT2D eigenvalue weighted by molar-refractivity contribution is 7.13. The number of aromatic nitrogens is 1. The van der Waals surface area contributed by atoms with Crippen LogP contribution in [-0.2, 0) is 4.79 Å². The summed E-state index contributed by atoms with van der Waals surface area (Å²) < 4.78 is 6.04. The summed E-state index contributed by atoms with van der Waals surface area (Å²) in [6.07, 6.45) is 8.52. The molecule has 7 heteroatoms. The maximum atomic E-state index is 12.7. The van der Waals surface area contributed by atoms with Gasteiger partial charge in [-0.3, -0.25) is 9.69 Å². The third-order valence-corrected chi connectivity index (χ3v) is 9.83. The van der Waals surface area contributed by atoms with Crippen molar-refractivity contribution in [2.45, 2.75) is 38.1 Å². The summed E-state index contributed by atoms with van der Waals surface area (Å²) in [6.45, 7) is 9.02. The van der Waals surface area contributed by atoms with E-state index >= 15 is 0 Å². The Kier molecular flexibility index (Phi) is 6.78. The average molecular weight is 516 g/mol. The molecule has 1 amide bonds. The SMILES string of the molecule is Cc1ccccc1C=CC(=O)NCC12CCCCC1(CN1CCN(c3nsc4ccccc34)CC1)NC2. The van der Waals surface area contributed by atoms with Gasteiger partial charge in [0.25, 0.3) is 0 Å². The summed E-state index contributed by atoms with van der Waals surface area (Å²) in [6, 6.07) is 16.7. The molecule has 0 radical (unpaired) electrons. The number of fused-ring (bicyclic) bond motifs is 2. The molecular weight excluding hydrogens is 478 g/mol. The first-order valence-electron chi connectivity index (χ1n) is 13.7. The molecule has 0 bridgehead atoms. The van der Waals surface area contributed by atoms with E-state index < -0.39 is 0 Å². The van der Waals surface area contributed by atoms with E-state index in [0.29, 0.717) is 0 Å². The van der Waals surface area contributed by atoms with Crippen molar-refractivity contribution in [3.63, 3.8) is 0 Å². The first-order valence-corrected chi connectivity index (χ1v) is 14.4. The largest absolute Gasteiger partial charge is 0.353 e. The van der Waals surface area contributed by atoms with Crippen LogP contribution in [0.25, 0.3) is 16.2 Å². The monoisotopic (exact) mass is 515 g/mol. The van der Waals surface area contributed by atoms with E-state index in [1.165, 1.54) is 41.3 Å². The number of piperazine rings is 1. The predicted molar refractivity (Wildman–Crippen MR) is 153 cm³/mol. The van der Waals surface area contributed by atoms with Gasteiger partial charge in [0.05, 0.1) is 4.70 Å². The first kappa shape index (κ1) is 24.6. The molecule has 194 valence electrons. The highest BCUT2D eigenvalue weighted by Crippen LogP contribution is 2.50. The molecule has 0 spiro atoms. The van der Waals surface area contributed by atoms with Crippen molar-refractivity contribution < 1.29 is 4.79 Å². The summed E-state index contributed by atoms with van der Waals surface area (Å²) in [5, 5.41) is 8.41. The van der Waals surface area contributed by atoms with Crippen molar-refractivity contribution in [3.05, 3.63) is 65.7 Å². The van der Waals surface area contributed by atoms with E-state index in [-0.39, 0.29) is 16.9 Å². The Bertz CT molecular complexity index is 1300. The van der Waals surface area contributed by atoms with Crippen molar-refractivity contribution in [2.24, 2.45) is 5.41 Å². The minimum atomic E-state index is 0.00750. The smallest absolute Gasteiger partial charge is 0.244 e. The molecule has 3 fully saturated rings. The summed E-state index contributed by atoms with van der Waals surface area (Å²) >= 11 is 1.60. The van der Waals surface area contributed by atoms with Crippen LogP contribution in [0.3, 0.4) is 0 Å². The molecule has 2 unspecified atom stereocenters. The van der Waals surface area contributed by atoms with E-state index in [2.05, 4.69) is 63.8 Å². The Morgan fingerprint density at radius 1 is 1.08 bits per heavy atom. The summed E-state index contributed by atoms with van der Waals surface area (Å²) in [5.41, 5.74) is 2.54. The number of nitrogens with zero attached hydrogens (tertiary/aromatic N) is 3. The third-order valence-electron chi connectivity index (χ3n) is 9.02. The average Bonchev–Trinajstić information content (AvgIpc) is 3.35. The minimum Gasteiger partial charge on any atom is -0.353 e. The number of benzene rings is 2. The maximum Gasteiger partial charge on any atom is 0.244 e. The Labute approximate surface area is 223 Å². The van der Waals surface area contributed by atoms with Crippen LogP contribution in [0.1, 0.15) is 36.8 Å². The Morgan fingerprint density at radius 2 is 1.86 bits per heavy atom. The molecule has 3 heterocycles. The van der Waals surface area contributed by atoms with Gasteiger partial charge < -0.3 is 15.5 Å². The Balaban J connectivity index is 1.07. The lowest BCUT2D eigenvalue weighted by Gasteiger charge is -2.64. The number of amides is 1. The summed E-state index contributed by atoms with van der Waals surface area (Å²) in [7, 11) is 0. The fraction of sp³-hybridized carbons (Fsp3) is 0.467. The highest BCUT2D eigenvalue weighted by atomic mass is 32.1. The van der Waals surface area contributed by atoms with E-state index in [0.717, 1.165) is 57.2 Å². The van der Waals surface area contributed by atoms with Gasteiger partial charge in [-0.05, 0) is 60.6 Å². The number of hydrogen-bond donors (Lipinski definition) is 2. The fourth-order valence-corrected chi connectivity index (χ4v) is 7.43. The van der Waals surface area contributed by atoms with Crippen LogP contribution in [-0.4, -0.2) is 66.5 Å². The number of rotatable bonds is 7. The second-order valence-corrected chi connectivity index (χ2v) is 11.9. The second kappa shape index (κ2) is 10.2. The van der Waals surface area contributed by atoms with Gasteiger partial charge in [0.1, 0.15) is 5.82 Å². The standard InChI is InChI=1S/C30H37N5OS/c1-23-8-2-3-9-24(23)12-13-27(36)31-20-29-14-6-7-15-30(29,32-21-29)22-34-16-18-35(19-17-34)28-25-10-4-5-11-26(25)37-33-28/h2-5,8-13,32H,6-7,14-22H2,1H3,(H,31,36). The lowest BCUT2D eigenvalue weighted by atomic mass is 9.55. The number of nitrogens with one attached hydrogen (secondary N) is 2. The topological polar surface area (TPSA) is 60.5 Å². The minimum absolute atomic E-state index is 0.00750. The Morgan fingerprint density at radius 3 is 2.68 bits per heavy atom. The molecular formula is C30H37N5OS. The van der Waals surface area contributed by atoms with E-state index in [1.807, 2.05) is 18.2 Å². The molecule has 1 saturated carbocycles. The van der Waals surface area contributed by atoms with Crippen molar-refractivity contribution >= 4 is 39.4 Å². The van der Waals surface area contributed by atoms with Crippen LogP contribution in [0.15, 0.2) is 54.6 Å². The molecule has 2 aromatic carbocycles. The van der Waals surface area contributed by atoms with Gasteiger partial charge in [0, 0.05) is 68.2 Å². The lowest BCUT2D eigenvalue weighted by molar-refractivity contribution is -0.120. The van der Waals surface area contributed by atoms with Crippen molar-refractivity contribution in [1.82, 2.24) is 19.9 Å². The van der Waals surface area contributed by atoms with Gasteiger partial charge in [-0.25, -0.2) is 0 Å². The second-order valence-electron chi connectivity index (χ2n) is 11.1. The number of carbonyl (C=O) groups excluding carboxylic acids is 1. The number of aryl methyl sites for hydroxylation is 1. The first-order chi connectivity index (χ1) is 18.1. The maximum absolute atomic E-state index is 12.7. The molecule has 1 aromatic heterocycles. The van der Waals surface area contributed by atoms with Crippen LogP contribution in [0, 0.1) is 12.3 Å². The Hall–Kier alpha value is -2.74. The number of carbonyl (C=O) groups is 1. The van der Waals surface area contributed by atoms with E-state index in [4.69, 9.17) is 4.37 Å². The van der Waals surface area contributed by atoms with E-state index in [1.54, 1.807) is 17.6 Å². The van der Waals surface area contributed by atoms with Crippen LogP contribution < -0.4 is 15.5 Å². The number of hydrogen-bond acceptors (Lipinski definition) is 6. The van der Waals surface area contributed by atoms with Gasteiger partial charge in [0.15, 0.2) is 0 Å². The quantitative estimate of drug-likeness (QED) is 0.455. The van der Waals surface area contributed by atoms with Crippen molar-refractivity contribution in [1.29, 1.82) is 0 Å². The van der Waals surface area contributed by atoms with Crippen LogP contribution in [0.4, 0.5) is 5.82 Å². The summed E-state index contributed by atoms with van der Waals surface area (Å²) in [4.78, 5) is 17.8. The molecule has 3 aliphatic rings. The normalized spacial score (nSPS) is 26.2. The molecule has 37 heavy (non-hydrogen) atoms. The zero-order chi connectivity index (χ0) is 25.3. The number of anilines is 1. The van der Waals surface area contributed by atoms with Crippen molar-refractivity contribution in [2.75, 3.05) is 50.7 Å². The zero-order valence-corrected chi connectivity index (χ0v) is 22.5. The molecule has 2 N–H and O–H groups in total. The van der Waals surface area contributed by atoms with Crippen LogP contribution >= 0.6 is 11.5 Å². The van der Waals surface area contributed by atoms with E-state index in [9.17, 15) is 4.79 Å². The zero-order valence-electron chi connectivity index (χ0n) is 21.7. The lowest BCUT2D eigenvalue weighted by Crippen LogP contribution is -2.80. The molecule has 6 rings (SSSR count). The molecule has 1 aliphatic carbocycles. The van der Waals surface area contributed by atoms with Gasteiger partial charge in [-0.1, -0.05) is 49.2 Å². The molecule has 2 saturated heterocycles. The van der Waals surface area contributed by atoms with Gasteiger partial charge in [0.2, 0.25) is 5.91 Å². The molecule has 3 aromatic rings. The third kappa shape index (κ3) is 4.69. The van der Waals surface area contributed by atoms with Gasteiger partial charge >= 0.3 is 0 Å². The predicted octanol–water partition coefficient (Wildman–Crippen LogP) is 4.46. The fourth-order valence-electron chi connectivity index (χ4n) is 6.64. The molecule has 2 aliphatic heterocycles. The van der Waals surface area contributed by atoms with Crippen LogP contribution in [0.5, 0.6) is 0 Å².